The number of benzene rings is 2. The van der Waals surface area contributed by atoms with Gasteiger partial charge in [-0.25, -0.2) is 19.2 Å². The zero-order valence-electron chi connectivity index (χ0n) is 22.5. The summed E-state index contributed by atoms with van der Waals surface area (Å²) < 4.78 is 31.3. The van der Waals surface area contributed by atoms with Crippen LogP contribution < -0.4 is 5.32 Å². The first-order chi connectivity index (χ1) is 20.3. The zero-order chi connectivity index (χ0) is 29.7. The number of aliphatic hydroxyl groups is 1. The molecule has 0 aliphatic rings. The normalized spacial score (nSPS) is 13.2. The summed E-state index contributed by atoms with van der Waals surface area (Å²) in [6.45, 7) is 1.30. The maximum Gasteiger partial charge on any atom is 0.339 e. The molecule has 3 heterocycles. The number of nitrogens with zero attached hydrogens (tertiary/aromatic N) is 5. The van der Waals surface area contributed by atoms with Crippen LogP contribution >= 0.6 is 0 Å². The van der Waals surface area contributed by atoms with Crippen molar-refractivity contribution in [3.05, 3.63) is 102 Å². The number of carbonyl (C=O) groups excluding carboxylic acids is 2. The van der Waals surface area contributed by atoms with Gasteiger partial charge >= 0.3 is 5.97 Å². The van der Waals surface area contributed by atoms with E-state index in [1.807, 2.05) is 0 Å². The van der Waals surface area contributed by atoms with Gasteiger partial charge in [0.1, 0.15) is 29.3 Å². The molecular weight excluding hydrogens is 547 g/mol. The molecule has 0 bridgehead atoms. The number of amides is 1. The molecule has 0 spiro atoms. The third-order valence-corrected chi connectivity index (χ3v) is 6.34. The predicted molar refractivity (Wildman–Crippen MR) is 146 cm³/mol. The average molecular weight is 573 g/mol. The molecule has 2 unspecified atom stereocenters. The Morgan fingerprint density at radius 2 is 1.86 bits per heavy atom. The van der Waals surface area contributed by atoms with Crippen molar-refractivity contribution in [1.82, 2.24) is 24.9 Å². The van der Waals surface area contributed by atoms with Crippen LogP contribution in [0.5, 0.6) is 0 Å². The van der Waals surface area contributed by atoms with Crippen molar-refractivity contribution >= 4 is 17.7 Å². The SMILES string of the molecule is COC(O)C(C)(OC(=O)c1ccccc1)C(=O)Nc1ccnc(-c2cc(-c3ccon3)n(Cc3ccccc3F)n2)n1. The number of methoxy groups -OCH3 is 1. The lowest BCUT2D eigenvalue weighted by molar-refractivity contribution is -0.195. The molecule has 214 valence electrons. The highest BCUT2D eigenvalue weighted by Gasteiger charge is 2.46. The molecule has 1 amide bonds. The summed E-state index contributed by atoms with van der Waals surface area (Å²) in [7, 11) is 1.17. The van der Waals surface area contributed by atoms with Crippen molar-refractivity contribution in [1.29, 1.82) is 0 Å². The first-order valence-electron chi connectivity index (χ1n) is 12.6. The molecule has 2 aromatic carbocycles. The highest BCUT2D eigenvalue weighted by Crippen LogP contribution is 2.26. The number of halogens is 1. The van der Waals surface area contributed by atoms with Gasteiger partial charge in [-0.05, 0) is 37.3 Å². The summed E-state index contributed by atoms with van der Waals surface area (Å²) in [6.07, 6.45) is 0.993. The van der Waals surface area contributed by atoms with Crippen molar-refractivity contribution in [3.8, 4) is 22.9 Å². The van der Waals surface area contributed by atoms with Gasteiger partial charge in [-0.2, -0.15) is 5.10 Å². The van der Waals surface area contributed by atoms with Crippen molar-refractivity contribution in [2.75, 3.05) is 12.4 Å². The van der Waals surface area contributed by atoms with Gasteiger partial charge in [-0.15, -0.1) is 0 Å². The van der Waals surface area contributed by atoms with E-state index in [9.17, 15) is 19.1 Å². The summed E-state index contributed by atoms with van der Waals surface area (Å²) in [4.78, 5) is 34.7. The van der Waals surface area contributed by atoms with Gasteiger partial charge in [0, 0.05) is 24.9 Å². The lowest BCUT2D eigenvalue weighted by Crippen LogP contribution is -2.54. The second-order valence-corrected chi connectivity index (χ2v) is 9.22. The Morgan fingerprint density at radius 3 is 2.57 bits per heavy atom. The lowest BCUT2D eigenvalue weighted by atomic mass is 10.0. The minimum atomic E-state index is -2.14. The Labute approximate surface area is 238 Å². The fourth-order valence-electron chi connectivity index (χ4n) is 4.04. The second-order valence-electron chi connectivity index (χ2n) is 9.22. The van der Waals surface area contributed by atoms with Gasteiger partial charge in [0.2, 0.25) is 11.9 Å². The summed E-state index contributed by atoms with van der Waals surface area (Å²) >= 11 is 0. The van der Waals surface area contributed by atoms with Crippen LogP contribution in [0.2, 0.25) is 0 Å². The van der Waals surface area contributed by atoms with Gasteiger partial charge in [-0.1, -0.05) is 41.6 Å². The number of hydrogen-bond donors (Lipinski definition) is 2. The molecule has 5 rings (SSSR count). The Morgan fingerprint density at radius 1 is 1.10 bits per heavy atom. The van der Waals surface area contributed by atoms with Crippen LogP contribution in [0.3, 0.4) is 0 Å². The molecule has 0 aliphatic carbocycles. The smallest absolute Gasteiger partial charge is 0.339 e. The van der Waals surface area contributed by atoms with Crippen LogP contribution in [-0.4, -0.2) is 60.9 Å². The Balaban J connectivity index is 1.42. The molecular formula is C29H25FN6O6. The lowest BCUT2D eigenvalue weighted by Gasteiger charge is -2.31. The fourth-order valence-corrected chi connectivity index (χ4v) is 4.04. The monoisotopic (exact) mass is 572 g/mol. The number of nitrogens with one attached hydrogen (secondary N) is 1. The average Bonchev–Trinajstić information content (AvgIpc) is 3.69. The standard InChI is InChI=1S/C29H25FN6O6/c1-29(28(39)40-2,42-26(37)18-8-4-3-5-9-18)27(38)33-24-12-14-31-25(32-24)22-16-23(21-13-15-41-35-21)36(34-22)17-19-10-6-7-11-20(19)30/h3-16,28,39H,17H2,1-2H3,(H,31,32,33,38). The molecule has 0 fully saturated rings. The number of aromatic nitrogens is 5. The number of anilines is 1. The van der Waals surface area contributed by atoms with Gasteiger partial charge in [-0.3, -0.25) is 9.48 Å². The maximum absolute atomic E-state index is 14.4. The van der Waals surface area contributed by atoms with E-state index >= 15 is 0 Å². The predicted octanol–water partition coefficient (Wildman–Crippen LogP) is 3.70. The third kappa shape index (κ3) is 5.92. The van der Waals surface area contributed by atoms with Gasteiger partial charge in [0.15, 0.2) is 5.82 Å². The molecule has 0 saturated carbocycles. The molecule has 2 atom stereocenters. The molecule has 0 saturated heterocycles. The molecule has 12 nitrogen and oxygen atoms in total. The van der Waals surface area contributed by atoms with Crippen LogP contribution in [-0.2, 0) is 20.8 Å². The number of hydrogen-bond acceptors (Lipinski definition) is 10. The van der Waals surface area contributed by atoms with E-state index in [-0.39, 0.29) is 23.8 Å². The number of rotatable bonds is 10. The van der Waals surface area contributed by atoms with E-state index in [1.54, 1.807) is 48.5 Å². The quantitative estimate of drug-likeness (QED) is 0.187. The van der Waals surface area contributed by atoms with Crippen LogP contribution in [0.15, 0.2) is 89.8 Å². The fraction of sp³-hybridized carbons (Fsp3) is 0.172. The summed E-state index contributed by atoms with van der Waals surface area (Å²) in [6, 6.07) is 19.0. The number of esters is 1. The zero-order valence-corrected chi connectivity index (χ0v) is 22.5. The van der Waals surface area contributed by atoms with E-state index in [0.717, 1.165) is 0 Å². The van der Waals surface area contributed by atoms with Crippen LogP contribution in [0, 0.1) is 5.82 Å². The minimum absolute atomic E-state index is 0.0296. The summed E-state index contributed by atoms with van der Waals surface area (Å²) in [5, 5.41) is 21.5. The minimum Gasteiger partial charge on any atom is -0.440 e. The second kappa shape index (κ2) is 12.1. The van der Waals surface area contributed by atoms with Crippen LogP contribution in [0.4, 0.5) is 10.2 Å². The van der Waals surface area contributed by atoms with Crippen molar-refractivity contribution in [2.45, 2.75) is 25.4 Å². The van der Waals surface area contributed by atoms with E-state index in [0.29, 0.717) is 22.6 Å². The van der Waals surface area contributed by atoms with Crippen LogP contribution in [0.25, 0.3) is 22.9 Å². The van der Waals surface area contributed by atoms with Crippen molar-refractivity contribution in [3.63, 3.8) is 0 Å². The molecule has 2 N–H and O–H groups in total. The topological polar surface area (TPSA) is 154 Å². The van der Waals surface area contributed by atoms with Crippen LogP contribution in [0.1, 0.15) is 22.8 Å². The van der Waals surface area contributed by atoms with Gasteiger partial charge in [0.25, 0.3) is 5.91 Å². The van der Waals surface area contributed by atoms with E-state index < -0.39 is 29.6 Å². The molecule has 0 aliphatic heterocycles. The highest BCUT2D eigenvalue weighted by atomic mass is 19.1. The summed E-state index contributed by atoms with van der Waals surface area (Å²) in [5.41, 5.74) is -0.287. The molecule has 13 heteroatoms. The highest BCUT2D eigenvalue weighted by molar-refractivity contribution is 6.00. The number of carbonyl (C=O) groups is 2. The van der Waals surface area contributed by atoms with E-state index in [2.05, 4.69) is 25.5 Å². The first-order valence-corrected chi connectivity index (χ1v) is 12.6. The number of ether oxygens (including phenoxy) is 2. The van der Waals surface area contributed by atoms with Gasteiger partial charge < -0.3 is 24.4 Å². The molecule has 5 aromatic rings. The van der Waals surface area contributed by atoms with E-state index in [1.165, 1.54) is 55.4 Å². The van der Waals surface area contributed by atoms with Crippen molar-refractivity contribution < 1.29 is 33.1 Å². The summed E-state index contributed by atoms with van der Waals surface area (Å²) in [5.74, 6) is -1.98. The van der Waals surface area contributed by atoms with Crippen molar-refractivity contribution in [2.24, 2.45) is 0 Å². The third-order valence-electron chi connectivity index (χ3n) is 6.34. The maximum atomic E-state index is 14.4. The molecule has 42 heavy (non-hydrogen) atoms. The number of aliphatic hydroxyl groups excluding tert-OH is 1. The molecule has 3 aromatic heterocycles. The largest absolute Gasteiger partial charge is 0.440 e. The Kier molecular flexibility index (Phi) is 8.13. The van der Waals surface area contributed by atoms with Gasteiger partial charge in [0.05, 0.1) is 17.8 Å². The Bertz CT molecular complexity index is 1690. The Hall–Kier alpha value is -5.27. The first kappa shape index (κ1) is 28.3. The molecule has 0 radical (unpaired) electrons. The van der Waals surface area contributed by atoms with E-state index in [4.69, 9.17) is 14.0 Å².